The van der Waals surface area contributed by atoms with Crippen LogP contribution in [0, 0.1) is 0 Å². The fraction of sp³-hybridized carbons (Fsp3) is 0.581. The molecule has 2 aromatic carbocycles. The number of likely N-dealkylation sites (tertiary alicyclic amines) is 1. The first-order chi connectivity index (χ1) is 18.5. The Morgan fingerprint density at radius 3 is 2.58 bits per heavy atom. The normalized spacial score (nSPS) is 22.1. The molecule has 1 spiro atoms. The summed E-state index contributed by atoms with van der Waals surface area (Å²) in [5, 5.41) is 21.5. The average Bonchev–Trinajstić information content (AvgIpc) is 2.93. The summed E-state index contributed by atoms with van der Waals surface area (Å²) in [6, 6.07) is 16.7. The third kappa shape index (κ3) is 6.75. The van der Waals surface area contributed by atoms with Crippen molar-refractivity contribution in [3.05, 3.63) is 65.2 Å². The largest absolute Gasteiger partial charge is 0.487 e. The fourth-order valence-electron chi connectivity index (χ4n) is 6.03. The maximum absolute atomic E-state index is 13.0. The van der Waals surface area contributed by atoms with Gasteiger partial charge < -0.3 is 20.5 Å². The number of amides is 1. The first-order valence-electron chi connectivity index (χ1n) is 14.6. The second-order valence-corrected chi connectivity index (χ2v) is 11.3. The smallest absolute Gasteiger partial charge is 0.235 e. The van der Waals surface area contributed by atoms with Crippen LogP contribution in [0.1, 0.15) is 74.6 Å². The SMILES string of the molecule is CCc1ccc2c(c1)[C@@H](NC[C@@H](O)[C@@H](NCc1ccccc1)NC(=O)CN1CCCCC1)CC1(CCC1)O2. The number of benzene rings is 2. The number of aryl methyl sites for hydroxylation is 1. The van der Waals surface area contributed by atoms with Crippen LogP contribution in [0.25, 0.3) is 0 Å². The van der Waals surface area contributed by atoms with Gasteiger partial charge in [-0.1, -0.05) is 55.8 Å². The third-order valence-electron chi connectivity index (χ3n) is 8.48. The molecule has 2 fully saturated rings. The number of hydrogen-bond acceptors (Lipinski definition) is 6. The van der Waals surface area contributed by atoms with Gasteiger partial charge in [0.1, 0.15) is 17.5 Å². The van der Waals surface area contributed by atoms with Gasteiger partial charge in [0.25, 0.3) is 0 Å². The molecule has 1 saturated carbocycles. The molecule has 0 aromatic heterocycles. The molecule has 0 radical (unpaired) electrons. The number of carbonyl (C=O) groups excluding carboxylic acids is 1. The highest BCUT2D eigenvalue weighted by Gasteiger charge is 2.45. The van der Waals surface area contributed by atoms with E-state index in [1.54, 1.807) is 0 Å². The summed E-state index contributed by atoms with van der Waals surface area (Å²) in [5.41, 5.74) is 3.49. The van der Waals surface area contributed by atoms with Crippen LogP contribution in [0.15, 0.2) is 48.5 Å². The standard InChI is InChI=1S/C31H44N4O3/c1-2-23-12-13-28-25(18-23)26(19-31(38-28)14-9-15-31)32-21-27(36)30(33-20-24-10-5-3-6-11-24)34-29(37)22-35-16-7-4-8-17-35/h3,5-6,10-13,18,26-27,30,32-33,36H,2,4,7-9,14-17,19-22H2,1H3,(H,34,37)/t26-,27+,30-/m0/s1. The van der Waals surface area contributed by atoms with Crippen molar-refractivity contribution < 1.29 is 14.6 Å². The Kier molecular flexibility index (Phi) is 9.00. The lowest BCUT2D eigenvalue weighted by Gasteiger charge is -2.48. The van der Waals surface area contributed by atoms with E-state index in [1.807, 2.05) is 30.3 Å². The summed E-state index contributed by atoms with van der Waals surface area (Å²) < 4.78 is 6.48. The summed E-state index contributed by atoms with van der Waals surface area (Å²) in [6.07, 6.45) is 7.42. The van der Waals surface area contributed by atoms with Crippen LogP contribution >= 0.6 is 0 Å². The second-order valence-electron chi connectivity index (χ2n) is 11.3. The minimum atomic E-state index is -0.790. The Hall–Kier alpha value is -2.45. The monoisotopic (exact) mass is 520 g/mol. The first kappa shape index (κ1) is 27.1. The van der Waals surface area contributed by atoms with Gasteiger partial charge in [-0.2, -0.15) is 0 Å². The zero-order valence-electron chi connectivity index (χ0n) is 22.8. The number of fused-ring (bicyclic) bond motifs is 1. The summed E-state index contributed by atoms with van der Waals surface area (Å²) in [6.45, 7) is 5.40. The maximum Gasteiger partial charge on any atom is 0.235 e. The van der Waals surface area contributed by atoms with Gasteiger partial charge in [-0.15, -0.1) is 0 Å². The first-order valence-corrected chi connectivity index (χ1v) is 14.6. The van der Waals surface area contributed by atoms with Crippen LogP contribution in [-0.4, -0.2) is 60.0 Å². The molecule has 0 unspecified atom stereocenters. The van der Waals surface area contributed by atoms with Gasteiger partial charge in [-0.3, -0.25) is 15.0 Å². The highest BCUT2D eigenvalue weighted by Crippen LogP contribution is 2.49. The number of rotatable bonds is 11. The molecule has 3 aliphatic rings. The van der Waals surface area contributed by atoms with E-state index in [2.05, 4.69) is 46.0 Å². The van der Waals surface area contributed by atoms with Crippen LogP contribution in [0.4, 0.5) is 0 Å². The van der Waals surface area contributed by atoms with Crippen molar-refractivity contribution in [3.8, 4) is 5.75 Å². The Morgan fingerprint density at radius 2 is 1.87 bits per heavy atom. The van der Waals surface area contributed by atoms with Gasteiger partial charge in [0.2, 0.25) is 5.91 Å². The van der Waals surface area contributed by atoms with Crippen LogP contribution in [-0.2, 0) is 17.8 Å². The Morgan fingerprint density at radius 1 is 1.08 bits per heavy atom. The van der Waals surface area contributed by atoms with Crippen LogP contribution in [0.5, 0.6) is 5.75 Å². The molecule has 38 heavy (non-hydrogen) atoms. The summed E-state index contributed by atoms with van der Waals surface area (Å²) in [7, 11) is 0. The lowest BCUT2D eigenvalue weighted by Crippen LogP contribution is -2.57. The van der Waals surface area contributed by atoms with Crippen molar-refractivity contribution in [1.82, 2.24) is 20.9 Å². The number of nitrogens with one attached hydrogen (secondary N) is 3. The highest BCUT2D eigenvalue weighted by atomic mass is 16.5. The molecular weight excluding hydrogens is 476 g/mol. The van der Waals surface area contributed by atoms with Gasteiger partial charge in [0.15, 0.2) is 0 Å². The summed E-state index contributed by atoms with van der Waals surface area (Å²) in [5.74, 6) is 0.919. The minimum absolute atomic E-state index is 0.0473. The van der Waals surface area contributed by atoms with E-state index >= 15 is 0 Å². The molecular formula is C31H44N4O3. The number of aliphatic hydroxyl groups excluding tert-OH is 1. The molecule has 2 aliphatic heterocycles. The Balaban J connectivity index is 1.25. The molecule has 3 atom stereocenters. The van der Waals surface area contributed by atoms with Crippen molar-refractivity contribution in [2.24, 2.45) is 0 Å². The molecule has 7 heteroatoms. The number of nitrogens with zero attached hydrogens (tertiary/aromatic N) is 1. The van der Waals surface area contributed by atoms with E-state index in [-0.39, 0.29) is 17.6 Å². The summed E-state index contributed by atoms with van der Waals surface area (Å²) >= 11 is 0. The average molecular weight is 521 g/mol. The van der Waals surface area contributed by atoms with Gasteiger partial charge in [-0.05, 0) is 68.8 Å². The lowest BCUT2D eigenvalue weighted by atomic mass is 9.72. The van der Waals surface area contributed by atoms with Crippen molar-refractivity contribution in [2.45, 2.75) is 88.7 Å². The zero-order chi connectivity index (χ0) is 26.4. The Bertz CT molecular complexity index is 1050. The topological polar surface area (TPSA) is 85.9 Å². The van der Waals surface area contributed by atoms with Crippen molar-refractivity contribution in [2.75, 3.05) is 26.2 Å². The number of piperidine rings is 1. The fourth-order valence-corrected chi connectivity index (χ4v) is 6.03. The molecule has 1 saturated heterocycles. The van der Waals surface area contributed by atoms with E-state index < -0.39 is 12.3 Å². The van der Waals surface area contributed by atoms with Gasteiger partial charge in [0, 0.05) is 31.1 Å². The maximum atomic E-state index is 13.0. The predicted molar refractivity (Wildman–Crippen MR) is 150 cm³/mol. The molecule has 2 aromatic rings. The number of carbonyl (C=O) groups is 1. The molecule has 1 aliphatic carbocycles. The van der Waals surface area contributed by atoms with Crippen LogP contribution < -0.4 is 20.7 Å². The molecule has 206 valence electrons. The second kappa shape index (κ2) is 12.6. The minimum Gasteiger partial charge on any atom is -0.487 e. The van der Waals surface area contributed by atoms with E-state index in [0.29, 0.717) is 19.6 Å². The zero-order valence-corrected chi connectivity index (χ0v) is 22.8. The molecule has 0 bridgehead atoms. The number of ether oxygens (including phenoxy) is 1. The predicted octanol–water partition coefficient (Wildman–Crippen LogP) is 3.66. The van der Waals surface area contributed by atoms with Crippen molar-refractivity contribution in [1.29, 1.82) is 0 Å². The Labute approximate surface area is 227 Å². The quantitative estimate of drug-likeness (QED) is 0.339. The van der Waals surface area contributed by atoms with Gasteiger partial charge in [-0.25, -0.2) is 0 Å². The number of aliphatic hydroxyl groups is 1. The third-order valence-corrected chi connectivity index (χ3v) is 8.48. The van der Waals surface area contributed by atoms with Gasteiger partial charge in [0.05, 0.1) is 12.6 Å². The molecule has 1 amide bonds. The summed E-state index contributed by atoms with van der Waals surface area (Å²) in [4.78, 5) is 15.2. The van der Waals surface area contributed by atoms with Crippen LogP contribution in [0.2, 0.25) is 0 Å². The number of hydrogen-bond donors (Lipinski definition) is 4. The van der Waals surface area contributed by atoms with Crippen molar-refractivity contribution in [3.63, 3.8) is 0 Å². The molecule has 5 rings (SSSR count). The molecule has 4 N–H and O–H groups in total. The lowest BCUT2D eigenvalue weighted by molar-refractivity contribution is -0.124. The van der Waals surface area contributed by atoms with Crippen LogP contribution in [0.3, 0.4) is 0 Å². The molecule has 7 nitrogen and oxygen atoms in total. The van der Waals surface area contributed by atoms with E-state index in [4.69, 9.17) is 4.74 Å². The molecule has 2 heterocycles. The highest BCUT2D eigenvalue weighted by molar-refractivity contribution is 5.78. The van der Waals surface area contributed by atoms with Gasteiger partial charge >= 0.3 is 0 Å². The van der Waals surface area contributed by atoms with E-state index in [9.17, 15) is 9.90 Å². The van der Waals surface area contributed by atoms with E-state index in [1.165, 1.54) is 24.0 Å². The van der Waals surface area contributed by atoms with E-state index in [0.717, 1.165) is 62.9 Å². The van der Waals surface area contributed by atoms with Crippen molar-refractivity contribution >= 4 is 5.91 Å².